The van der Waals surface area contributed by atoms with Crippen LogP contribution in [0.2, 0.25) is 0 Å². The summed E-state index contributed by atoms with van der Waals surface area (Å²) >= 11 is 0. The molecule has 0 amide bonds. The van der Waals surface area contributed by atoms with E-state index in [1.165, 1.54) is 18.6 Å². The smallest absolute Gasteiger partial charge is 0.265 e. The van der Waals surface area contributed by atoms with Gasteiger partial charge in [-0.3, -0.25) is 4.28 Å². The third kappa shape index (κ3) is 3.30. The van der Waals surface area contributed by atoms with Crippen LogP contribution in [-0.2, 0) is 14.4 Å². The van der Waals surface area contributed by atoms with Crippen molar-refractivity contribution in [1.29, 1.82) is 0 Å². The molecule has 0 bridgehead atoms. The van der Waals surface area contributed by atoms with Gasteiger partial charge in [0.15, 0.2) is 0 Å². The lowest BCUT2D eigenvalue weighted by atomic mass is 9.99. The standard InChI is InChI=1S/C12H15NO3S/c14-17(15,12-9-5-2-6-10-12)16-13-11-7-3-1-4-8-11/h2,5-6,9-10H,1,3-4,7-8H2. The zero-order valence-electron chi connectivity index (χ0n) is 9.50. The first kappa shape index (κ1) is 12.1. The molecule has 1 aromatic carbocycles. The first-order valence-electron chi connectivity index (χ1n) is 5.73. The van der Waals surface area contributed by atoms with Crippen LogP contribution in [0.25, 0.3) is 0 Å². The van der Waals surface area contributed by atoms with Crippen LogP contribution in [0.3, 0.4) is 0 Å². The van der Waals surface area contributed by atoms with Crippen LogP contribution in [0, 0.1) is 0 Å². The fraction of sp³-hybridized carbons (Fsp3) is 0.417. The van der Waals surface area contributed by atoms with Crippen molar-refractivity contribution in [3.63, 3.8) is 0 Å². The van der Waals surface area contributed by atoms with E-state index in [1.807, 2.05) is 0 Å². The quantitative estimate of drug-likeness (QED) is 0.778. The van der Waals surface area contributed by atoms with E-state index < -0.39 is 10.1 Å². The molecule has 1 aliphatic rings. The van der Waals surface area contributed by atoms with E-state index in [2.05, 4.69) is 5.16 Å². The Balaban J connectivity index is 2.08. The van der Waals surface area contributed by atoms with Crippen molar-refractivity contribution >= 4 is 15.8 Å². The van der Waals surface area contributed by atoms with Gasteiger partial charge in [0.2, 0.25) is 0 Å². The Morgan fingerprint density at radius 3 is 2.29 bits per heavy atom. The number of hydrogen-bond donors (Lipinski definition) is 0. The first-order valence-corrected chi connectivity index (χ1v) is 7.14. The van der Waals surface area contributed by atoms with Crippen molar-refractivity contribution in [3.05, 3.63) is 30.3 Å². The Labute approximate surface area is 101 Å². The molecule has 2 rings (SSSR count). The number of oxime groups is 1. The maximum Gasteiger partial charge on any atom is 0.358 e. The highest BCUT2D eigenvalue weighted by Crippen LogP contribution is 2.17. The summed E-state index contributed by atoms with van der Waals surface area (Å²) in [6.07, 6.45) is 4.99. The van der Waals surface area contributed by atoms with Crippen molar-refractivity contribution in [3.8, 4) is 0 Å². The molecule has 1 aliphatic carbocycles. The molecule has 0 N–H and O–H groups in total. The van der Waals surface area contributed by atoms with E-state index in [4.69, 9.17) is 4.28 Å². The van der Waals surface area contributed by atoms with Crippen LogP contribution < -0.4 is 0 Å². The summed E-state index contributed by atoms with van der Waals surface area (Å²) in [6, 6.07) is 8.06. The van der Waals surface area contributed by atoms with Gasteiger partial charge < -0.3 is 0 Å². The molecule has 1 fully saturated rings. The van der Waals surface area contributed by atoms with Gasteiger partial charge >= 0.3 is 10.1 Å². The van der Waals surface area contributed by atoms with Gasteiger partial charge in [0.1, 0.15) is 4.90 Å². The van der Waals surface area contributed by atoms with Gasteiger partial charge in [0.25, 0.3) is 0 Å². The summed E-state index contributed by atoms with van der Waals surface area (Å²) in [5, 5.41) is 3.76. The van der Waals surface area contributed by atoms with Gasteiger partial charge in [-0.1, -0.05) is 29.8 Å². The van der Waals surface area contributed by atoms with Crippen molar-refractivity contribution < 1.29 is 12.7 Å². The maximum atomic E-state index is 11.7. The van der Waals surface area contributed by atoms with E-state index >= 15 is 0 Å². The molecular formula is C12H15NO3S. The predicted octanol–water partition coefficient (Wildman–Crippen LogP) is 2.71. The summed E-state index contributed by atoms with van der Waals surface area (Å²) in [5.74, 6) is 0. The van der Waals surface area contributed by atoms with Gasteiger partial charge in [-0.15, -0.1) is 0 Å². The largest absolute Gasteiger partial charge is 0.358 e. The average molecular weight is 253 g/mol. The second-order valence-corrected chi connectivity index (χ2v) is 5.59. The summed E-state index contributed by atoms with van der Waals surface area (Å²) in [4.78, 5) is 0.139. The monoisotopic (exact) mass is 253 g/mol. The molecule has 0 aliphatic heterocycles. The summed E-state index contributed by atoms with van der Waals surface area (Å²) < 4.78 is 28.2. The van der Waals surface area contributed by atoms with Crippen molar-refractivity contribution in [1.82, 2.24) is 0 Å². The van der Waals surface area contributed by atoms with Gasteiger partial charge in [-0.25, -0.2) is 0 Å². The summed E-state index contributed by atoms with van der Waals surface area (Å²) in [6.45, 7) is 0. The Bertz CT molecular complexity index is 486. The van der Waals surface area contributed by atoms with Gasteiger partial charge in [-0.2, -0.15) is 8.42 Å². The molecule has 1 saturated carbocycles. The van der Waals surface area contributed by atoms with Crippen LogP contribution in [-0.4, -0.2) is 14.1 Å². The van der Waals surface area contributed by atoms with Gasteiger partial charge in [0.05, 0.1) is 5.71 Å². The number of benzene rings is 1. The first-order chi connectivity index (χ1) is 8.18. The minimum Gasteiger partial charge on any atom is -0.265 e. The van der Waals surface area contributed by atoms with Crippen molar-refractivity contribution in [2.24, 2.45) is 5.16 Å². The van der Waals surface area contributed by atoms with Crippen molar-refractivity contribution in [2.75, 3.05) is 0 Å². The average Bonchev–Trinajstić information content (AvgIpc) is 2.39. The van der Waals surface area contributed by atoms with Crippen LogP contribution in [0.4, 0.5) is 0 Å². The van der Waals surface area contributed by atoms with Crippen molar-refractivity contribution in [2.45, 2.75) is 37.0 Å². The van der Waals surface area contributed by atoms with Gasteiger partial charge in [-0.05, 0) is 37.8 Å². The third-order valence-electron chi connectivity index (χ3n) is 2.73. The lowest BCUT2D eigenvalue weighted by Gasteiger charge is -2.11. The van der Waals surface area contributed by atoms with Crippen LogP contribution >= 0.6 is 0 Å². The second kappa shape index (κ2) is 5.31. The SMILES string of the molecule is O=S(=O)(ON=C1CCCCC1)c1ccccc1. The van der Waals surface area contributed by atoms with E-state index in [9.17, 15) is 8.42 Å². The van der Waals surface area contributed by atoms with Crippen LogP contribution in [0.1, 0.15) is 32.1 Å². The molecule has 0 spiro atoms. The summed E-state index contributed by atoms with van der Waals surface area (Å²) in [7, 11) is -3.75. The van der Waals surface area contributed by atoms with E-state index in [1.54, 1.807) is 18.2 Å². The molecule has 17 heavy (non-hydrogen) atoms. The fourth-order valence-corrected chi connectivity index (χ4v) is 2.56. The molecular weight excluding hydrogens is 238 g/mol. The van der Waals surface area contributed by atoms with Gasteiger partial charge in [0, 0.05) is 0 Å². The lowest BCUT2D eigenvalue weighted by molar-refractivity contribution is 0.334. The minimum absolute atomic E-state index is 0.139. The molecule has 0 radical (unpaired) electrons. The van der Waals surface area contributed by atoms with Crippen LogP contribution in [0.15, 0.2) is 40.4 Å². The van der Waals surface area contributed by atoms with E-state index in [0.717, 1.165) is 31.4 Å². The topological polar surface area (TPSA) is 55.7 Å². The normalized spacial score (nSPS) is 16.6. The molecule has 0 unspecified atom stereocenters. The Kier molecular flexibility index (Phi) is 3.78. The molecule has 0 heterocycles. The zero-order chi connectivity index (χ0) is 12.1. The Hall–Kier alpha value is -1.36. The Morgan fingerprint density at radius 2 is 1.65 bits per heavy atom. The molecule has 92 valence electrons. The highest BCUT2D eigenvalue weighted by atomic mass is 32.2. The molecule has 0 aromatic heterocycles. The Morgan fingerprint density at radius 1 is 1.00 bits per heavy atom. The number of rotatable bonds is 3. The highest BCUT2D eigenvalue weighted by molar-refractivity contribution is 7.86. The number of hydrogen-bond acceptors (Lipinski definition) is 4. The van der Waals surface area contributed by atoms with E-state index in [0.29, 0.717) is 0 Å². The lowest BCUT2D eigenvalue weighted by Crippen LogP contribution is -2.08. The maximum absolute atomic E-state index is 11.7. The second-order valence-electron chi connectivity index (χ2n) is 4.06. The summed E-state index contributed by atoms with van der Waals surface area (Å²) in [5.41, 5.74) is 0.843. The third-order valence-corrected chi connectivity index (χ3v) is 3.85. The van der Waals surface area contributed by atoms with E-state index in [-0.39, 0.29) is 4.90 Å². The molecule has 0 atom stereocenters. The predicted molar refractivity (Wildman–Crippen MR) is 65.2 cm³/mol. The minimum atomic E-state index is -3.75. The fourth-order valence-electron chi connectivity index (χ4n) is 1.78. The van der Waals surface area contributed by atoms with Crippen LogP contribution in [0.5, 0.6) is 0 Å². The molecule has 0 saturated heterocycles. The highest BCUT2D eigenvalue weighted by Gasteiger charge is 2.16. The molecule has 4 nitrogen and oxygen atoms in total. The molecule has 1 aromatic rings. The number of nitrogens with zero attached hydrogens (tertiary/aromatic N) is 1. The zero-order valence-corrected chi connectivity index (χ0v) is 10.3. The molecule has 5 heteroatoms.